The number of aromatic nitrogens is 2. The number of carbonyl (C=O) groups is 1. The van der Waals surface area contributed by atoms with E-state index >= 15 is 0 Å². The molecule has 114 valence electrons. The highest BCUT2D eigenvalue weighted by atomic mass is 16.5. The summed E-state index contributed by atoms with van der Waals surface area (Å²) in [5.41, 5.74) is -0.0264. The first-order chi connectivity index (χ1) is 10.1. The lowest BCUT2D eigenvalue weighted by atomic mass is 9.79. The van der Waals surface area contributed by atoms with E-state index in [1.165, 1.54) is 0 Å². The van der Waals surface area contributed by atoms with Crippen molar-refractivity contribution in [1.82, 2.24) is 14.9 Å². The Balaban J connectivity index is 1.82. The fourth-order valence-corrected chi connectivity index (χ4v) is 3.35. The van der Waals surface area contributed by atoms with Gasteiger partial charge in [0.25, 0.3) is 0 Å². The molecule has 6 heteroatoms. The second kappa shape index (κ2) is 5.60. The molecule has 0 aromatic carbocycles. The third kappa shape index (κ3) is 2.72. The van der Waals surface area contributed by atoms with Crippen molar-refractivity contribution in [3.05, 3.63) is 18.5 Å². The monoisotopic (exact) mass is 290 g/mol. The van der Waals surface area contributed by atoms with Crippen molar-refractivity contribution >= 4 is 11.9 Å². The highest BCUT2D eigenvalue weighted by Gasteiger charge is 2.47. The van der Waals surface area contributed by atoms with E-state index in [0.717, 1.165) is 25.6 Å². The van der Waals surface area contributed by atoms with Gasteiger partial charge in [0, 0.05) is 50.9 Å². The molecule has 2 saturated heterocycles. The van der Waals surface area contributed by atoms with Crippen LogP contribution in [-0.4, -0.2) is 60.2 Å². The van der Waals surface area contributed by atoms with E-state index in [4.69, 9.17) is 4.74 Å². The fourth-order valence-electron chi connectivity index (χ4n) is 3.35. The van der Waals surface area contributed by atoms with Crippen molar-refractivity contribution in [3.63, 3.8) is 0 Å². The molecule has 3 rings (SSSR count). The minimum atomic E-state index is -0.0264. The molecule has 6 nitrogen and oxygen atoms in total. The van der Waals surface area contributed by atoms with Crippen molar-refractivity contribution < 1.29 is 9.53 Å². The maximum absolute atomic E-state index is 11.8. The first kappa shape index (κ1) is 14.3. The summed E-state index contributed by atoms with van der Waals surface area (Å²) in [5, 5.41) is 0. The van der Waals surface area contributed by atoms with Gasteiger partial charge < -0.3 is 14.5 Å². The van der Waals surface area contributed by atoms with E-state index in [0.29, 0.717) is 25.7 Å². The normalized spacial score (nSPS) is 29.7. The molecule has 1 spiro atoms. The molecule has 0 unspecified atom stereocenters. The van der Waals surface area contributed by atoms with Crippen LogP contribution in [0.4, 0.5) is 5.95 Å². The molecule has 1 amide bonds. The fraction of sp³-hybridized carbons (Fsp3) is 0.667. The minimum absolute atomic E-state index is 0.0264. The van der Waals surface area contributed by atoms with Crippen LogP contribution in [0.5, 0.6) is 0 Å². The van der Waals surface area contributed by atoms with Gasteiger partial charge in [-0.05, 0) is 12.0 Å². The molecule has 0 saturated carbocycles. The molecule has 1 aromatic rings. The van der Waals surface area contributed by atoms with Crippen molar-refractivity contribution in [2.45, 2.75) is 13.8 Å². The van der Waals surface area contributed by atoms with Crippen LogP contribution in [0.1, 0.15) is 13.8 Å². The molecule has 0 bridgehead atoms. The number of ether oxygens (including phenoxy) is 1. The maximum atomic E-state index is 11.8. The summed E-state index contributed by atoms with van der Waals surface area (Å²) in [7, 11) is 0. The van der Waals surface area contributed by atoms with Crippen LogP contribution in [0.15, 0.2) is 18.5 Å². The van der Waals surface area contributed by atoms with Gasteiger partial charge in [-0.25, -0.2) is 9.97 Å². The highest BCUT2D eigenvalue weighted by molar-refractivity contribution is 5.73. The van der Waals surface area contributed by atoms with Crippen LogP contribution in [-0.2, 0) is 9.53 Å². The number of amides is 1. The average molecular weight is 290 g/mol. The molecular weight excluding hydrogens is 268 g/mol. The van der Waals surface area contributed by atoms with Crippen molar-refractivity contribution in [3.8, 4) is 0 Å². The van der Waals surface area contributed by atoms with E-state index in [-0.39, 0.29) is 11.3 Å². The lowest BCUT2D eigenvalue weighted by molar-refractivity contribution is -0.130. The summed E-state index contributed by atoms with van der Waals surface area (Å²) in [6, 6.07) is 1.82. The summed E-state index contributed by atoms with van der Waals surface area (Å²) in [5.74, 6) is 1.32. The number of hydrogen-bond donors (Lipinski definition) is 0. The Kier molecular flexibility index (Phi) is 3.80. The predicted octanol–water partition coefficient (Wildman–Crippen LogP) is 0.798. The van der Waals surface area contributed by atoms with Crippen molar-refractivity contribution in [2.75, 3.05) is 44.3 Å². The quantitative estimate of drug-likeness (QED) is 0.765. The number of carbonyl (C=O) groups excluding carboxylic acids is 1. The minimum Gasteiger partial charge on any atom is -0.379 e. The maximum Gasteiger partial charge on any atom is 0.225 e. The van der Waals surface area contributed by atoms with Gasteiger partial charge in [0.05, 0.1) is 13.2 Å². The molecule has 2 atom stereocenters. The van der Waals surface area contributed by atoms with Gasteiger partial charge in [0.2, 0.25) is 11.9 Å². The molecule has 0 radical (unpaired) electrons. The van der Waals surface area contributed by atoms with Gasteiger partial charge in [-0.3, -0.25) is 4.79 Å². The number of rotatable bonds is 1. The Bertz CT molecular complexity index is 510. The molecule has 21 heavy (non-hydrogen) atoms. The third-order valence-corrected chi connectivity index (χ3v) is 4.73. The van der Waals surface area contributed by atoms with Gasteiger partial charge in [-0.1, -0.05) is 6.92 Å². The Hall–Kier alpha value is -1.69. The molecular formula is C15H22N4O2. The Morgan fingerprint density at radius 1 is 1.38 bits per heavy atom. The summed E-state index contributed by atoms with van der Waals surface area (Å²) >= 11 is 0. The first-order valence-corrected chi connectivity index (χ1v) is 7.46. The van der Waals surface area contributed by atoms with Gasteiger partial charge in [0.1, 0.15) is 0 Å². The van der Waals surface area contributed by atoms with E-state index in [2.05, 4.69) is 21.8 Å². The summed E-state index contributed by atoms with van der Waals surface area (Å²) < 4.78 is 5.81. The molecule has 1 aromatic heterocycles. The van der Waals surface area contributed by atoms with Gasteiger partial charge in [-0.15, -0.1) is 0 Å². The van der Waals surface area contributed by atoms with Crippen LogP contribution >= 0.6 is 0 Å². The average Bonchev–Trinajstić information content (AvgIpc) is 2.67. The SMILES string of the molecule is CC(=O)N1CCOC[C@@]2(C1)CN(c1ncccn1)C[C@H]2C. The van der Waals surface area contributed by atoms with Gasteiger partial charge >= 0.3 is 0 Å². The number of anilines is 1. The van der Waals surface area contributed by atoms with Crippen molar-refractivity contribution in [1.29, 1.82) is 0 Å². The molecule has 3 heterocycles. The summed E-state index contributed by atoms with van der Waals surface area (Å²) in [6.45, 7) is 8.36. The lowest BCUT2D eigenvalue weighted by Crippen LogP contribution is -2.45. The third-order valence-electron chi connectivity index (χ3n) is 4.73. The summed E-state index contributed by atoms with van der Waals surface area (Å²) in [6.07, 6.45) is 3.53. The number of nitrogens with zero attached hydrogens (tertiary/aromatic N) is 4. The second-order valence-electron chi connectivity index (χ2n) is 6.19. The van der Waals surface area contributed by atoms with Crippen LogP contribution in [0, 0.1) is 11.3 Å². The summed E-state index contributed by atoms with van der Waals surface area (Å²) in [4.78, 5) is 24.6. The van der Waals surface area contributed by atoms with Crippen LogP contribution in [0.2, 0.25) is 0 Å². The Morgan fingerprint density at radius 2 is 2.14 bits per heavy atom. The smallest absolute Gasteiger partial charge is 0.225 e. The van der Waals surface area contributed by atoms with E-state index in [9.17, 15) is 4.79 Å². The topological polar surface area (TPSA) is 58.6 Å². The Labute approximate surface area is 125 Å². The second-order valence-corrected chi connectivity index (χ2v) is 6.19. The molecule has 0 N–H and O–H groups in total. The van der Waals surface area contributed by atoms with Crippen LogP contribution in [0.3, 0.4) is 0 Å². The zero-order valence-corrected chi connectivity index (χ0v) is 12.7. The van der Waals surface area contributed by atoms with Crippen molar-refractivity contribution in [2.24, 2.45) is 11.3 Å². The predicted molar refractivity (Wildman–Crippen MR) is 78.9 cm³/mol. The zero-order chi connectivity index (χ0) is 14.9. The standard InChI is InChI=1S/C15H22N4O2/c1-12-8-19(14-16-4-3-5-17-14)10-15(12)9-18(13(2)20)6-7-21-11-15/h3-5,12H,6-11H2,1-2H3/t12-,15-/m1/s1. The molecule has 0 aliphatic carbocycles. The number of hydrogen-bond acceptors (Lipinski definition) is 5. The van der Waals surface area contributed by atoms with Crippen LogP contribution in [0.25, 0.3) is 0 Å². The largest absolute Gasteiger partial charge is 0.379 e. The van der Waals surface area contributed by atoms with Crippen LogP contribution < -0.4 is 4.90 Å². The molecule has 2 aliphatic heterocycles. The Morgan fingerprint density at radius 3 is 2.86 bits per heavy atom. The van der Waals surface area contributed by atoms with E-state index in [1.807, 2.05) is 11.0 Å². The van der Waals surface area contributed by atoms with Gasteiger partial charge in [0.15, 0.2) is 0 Å². The zero-order valence-electron chi connectivity index (χ0n) is 12.7. The highest BCUT2D eigenvalue weighted by Crippen LogP contribution is 2.39. The first-order valence-electron chi connectivity index (χ1n) is 7.46. The molecule has 2 fully saturated rings. The molecule has 2 aliphatic rings. The van der Waals surface area contributed by atoms with E-state index < -0.39 is 0 Å². The van der Waals surface area contributed by atoms with E-state index in [1.54, 1.807) is 19.3 Å². The lowest BCUT2D eigenvalue weighted by Gasteiger charge is -2.34. The van der Waals surface area contributed by atoms with Gasteiger partial charge in [-0.2, -0.15) is 0 Å².